The molecule has 19 heavy (non-hydrogen) atoms. The molecule has 0 aromatic rings. The van der Waals surface area contributed by atoms with Gasteiger partial charge < -0.3 is 10.2 Å². The fourth-order valence-corrected chi connectivity index (χ4v) is 3.85. The van der Waals surface area contributed by atoms with Crippen molar-refractivity contribution >= 4 is 0 Å². The van der Waals surface area contributed by atoms with Crippen molar-refractivity contribution in [2.24, 2.45) is 5.92 Å². The first-order valence-corrected chi connectivity index (χ1v) is 8.38. The summed E-state index contributed by atoms with van der Waals surface area (Å²) in [6, 6.07) is 1.49. The third-order valence-corrected chi connectivity index (χ3v) is 4.94. The van der Waals surface area contributed by atoms with Gasteiger partial charge in [0.1, 0.15) is 0 Å². The smallest absolute Gasteiger partial charge is 0.0218 e. The van der Waals surface area contributed by atoms with E-state index in [2.05, 4.69) is 36.0 Å². The van der Waals surface area contributed by atoms with E-state index in [4.69, 9.17) is 0 Å². The molecule has 2 fully saturated rings. The van der Waals surface area contributed by atoms with Crippen molar-refractivity contribution in [2.45, 2.75) is 58.0 Å². The van der Waals surface area contributed by atoms with Gasteiger partial charge in [-0.25, -0.2) is 0 Å². The van der Waals surface area contributed by atoms with Crippen molar-refractivity contribution in [3.63, 3.8) is 0 Å². The highest BCUT2D eigenvalue weighted by molar-refractivity contribution is 4.87. The first-order chi connectivity index (χ1) is 9.22. The van der Waals surface area contributed by atoms with E-state index in [9.17, 15) is 0 Å². The second-order valence-corrected chi connectivity index (χ2v) is 6.68. The van der Waals surface area contributed by atoms with Gasteiger partial charge in [-0.3, -0.25) is 4.90 Å². The topological polar surface area (TPSA) is 18.5 Å². The summed E-state index contributed by atoms with van der Waals surface area (Å²) in [7, 11) is 2.28. The molecule has 3 heteroatoms. The maximum absolute atomic E-state index is 3.74. The standard InChI is InChI=1S/C16H33N3/c1-4-7-15-13-19(16(5-2)10-17-15)12-14-8-6-9-18(3)11-14/h14-17H,4-13H2,1-3H3. The summed E-state index contributed by atoms with van der Waals surface area (Å²) in [6.07, 6.45) is 6.74. The highest BCUT2D eigenvalue weighted by atomic mass is 15.2. The maximum atomic E-state index is 3.74. The van der Waals surface area contributed by atoms with Crippen molar-refractivity contribution in [2.75, 3.05) is 39.8 Å². The lowest BCUT2D eigenvalue weighted by Crippen LogP contribution is -2.57. The Morgan fingerprint density at radius 3 is 2.74 bits per heavy atom. The number of likely N-dealkylation sites (tertiary alicyclic amines) is 1. The average molecular weight is 267 g/mol. The Bertz CT molecular complexity index is 256. The van der Waals surface area contributed by atoms with Crippen LogP contribution in [0.2, 0.25) is 0 Å². The number of hydrogen-bond acceptors (Lipinski definition) is 3. The van der Waals surface area contributed by atoms with Gasteiger partial charge in [0.25, 0.3) is 0 Å². The number of nitrogens with one attached hydrogen (secondary N) is 1. The first-order valence-electron chi connectivity index (χ1n) is 8.38. The lowest BCUT2D eigenvalue weighted by atomic mass is 9.95. The minimum absolute atomic E-state index is 0.731. The molecule has 3 nitrogen and oxygen atoms in total. The molecule has 0 aromatic heterocycles. The van der Waals surface area contributed by atoms with Crippen molar-refractivity contribution in [1.82, 2.24) is 15.1 Å². The molecule has 0 saturated carbocycles. The highest BCUT2D eigenvalue weighted by Crippen LogP contribution is 2.20. The van der Waals surface area contributed by atoms with Crippen LogP contribution < -0.4 is 5.32 Å². The zero-order valence-electron chi connectivity index (χ0n) is 13.2. The molecule has 2 heterocycles. The molecular weight excluding hydrogens is 234 g/mol. The number of rotatable bonds is 5. The maximum Gasteiger partial charge on any atom is 0.0218 e. The lowest BCUT2D eigenvalue weighted by Gasteiger charge is -2.43. The van der Waals surface area contributed by atoms with E-state index in [0.717, 1.165) is 18.0 Å². The lowest BCUT2D eigenvalue weighted by molar-refractivity contribution is 0.0811. The fourth-order valence-electron chi connectivity index (χ4n) is 3.85. The first kappa shape index (κ1) is 15.3. The summed E-state index contributed by atoms with van der Waals surface area (Å²) < 4.78 is 0. The number of hydrogen-bond donors (Lipinski definition) is 1. The van der Waals surface area contributed by atoms with Crippen molar-refractivity contribution in [1.29, 1.82) is 0 Å². The van der Waals surface area contributed by atoms with Crippen LogP contribution in [0.3, 0.4) is 0 Å². The molecule has 1 N–H and O–H groups in total. The molecular formula is C16H33N3. The Hall–Kier alpha value is -0.120. The van der Waals surface area contributed by atoms with E-state index >= 15 is 0 Å². The fraction of sp³-hybridized carbons (Fsp3) is 1.00. The molecule has 0 bridgehead atoms. The Balaban J connectivity index is 1.86. The van der Waals surface area contributed by atoms with Crippen LogP contribution in [0.4, 0.5) is 0 Å². The SMILES string of the molecule is CCCC1CN(CC2CCCN(C)C2)C(CC)CN1. The molecule has 2 saturated heterocycles. The van der Waals surface area contributed by atoms with Crippen LogP contribution in [0, 0.1) is 5.92 Å². The second-order valence-electron chi connectivity index (χ2n) is 6.68. The number of piperazine rings is 1. The molecule has 0 amide bonds. The zero-order valence-corrected chi connectivity index (χ0v) is 13.2. The van der Waals surface area contributed by atoms with Crippen molar-refractivity contribution in [3.8, 4) is 0 Å². The molecule has 3 unspecified atom stereocenters. The van der Waals surface area contributed by atoms with Crippen molar-refractivity contribution in [3.05, 3.63) is 0 Å². The van der Waals surface area contributed by atoms with Crippen LogP contribution in [-0.4, -0.2) is 61.7 Å². The van der Waals surface area contributed by atoms with Gasteiger partial charge >= 0.3 is 0 Å². The molecule has 0 radical (unpaired) electrons. The number of piperidine rings is 1. The summed E-state index contributed by atoms with van der Waals surface area (Å²) in [5.41, 5.74) is 0. The van der Waals surface area contributed by atoms with Gasteiger partial charge in [-0.05, 0) is 45.2 Å². The predicted octanol–water partition coefficient (Wildman–Crippen LogP) is 2.18. The van der Waals surface area contributed by atoms with Crippen LogP contribution >= 0.6 is 0 Å². The number of nitrogens with zero attached hydrogens (tertiary/aromatic N) is 2. The molecule has 0 aromatic carbocycles. The van der Waals surface area contributed by atoms with E-state index in [1.54, 1.807) is 0 Å². The van der Waals surface area contributed by atoms with Gasteiger partial charge in [0.2, 0.25) is 0 Å². The van der Waals surface area contributed by atoms with Gasteiger partial charge in [-0.2, -0.15) is 0 Å². The minimum Gasteiger partial charge on any atom is -0.311 e. The van der Waals surface area contributed by atoms with Crippen LogP contribution in [0.1, 0.15) is 46.0 Å². The van der Waals surface area contributed by atoms with E-state index in [1.165, 1.54) is 64.8 Å². The summed E-state index contributed by atoms with van der Waals surface area (Å²) in [6.45, 7) is 11.0. The molecule has 2 rings (SSSR count). The van der Waals surface area contributed by atoms with Gasteiger partial charge in [0.15, 0.2) is 0 Å². The summed E-state index contributed by atoms with van der Waals surface area (Å²) in [5, 5.41) is 3.74. The van der Waals surface area contributed by atoms with E-state index < -0.39 is 0 Å². The van der Waals surface area contributed by atoms with Gasteiger partial charge in [-0.1, -0.05) is 20.3 Å². The molecule has 112 valence electrons. The molecule has 0 spiro atoms. The van der Waals surface area contributed by atoms with Gasteiger partial charge in [0.05, 0.1) is 0 Å². The van der Waals surface area contributed by atoms with Crippen molar-refractivity contribution < 1.29 is 0 Å². The molecule has 0 aliphatic carbocycles. The predicted molar refractivity (Wildman–Crippen MR) is 82.6 cm³/mol. The zero-order chi connectivity index (χ0) is 13.7. The van der Waals surface area contributed by atoms with Gasteiger partial charge in [0, 0.05) is 38.3 Å². The third-order valence-electron chi connectivity index (χ3n) is 4.94. The second kappa shape index (κ2) is 7.61. The molecule has 3 atom stereocenters. The Morgan fingerprint density at radius 2 is 2.05 bits per heavy atom. The minimum atomic E-state index is 0.731. The summed E-state index contributed by atoms with van der Waals surface area (Å²) in [5.74, 6) is 0.896. The average Bonchev–Trinajstić information content (AvgIpc) is 2.39. The monoisotopic (exact) mass is 267 g/mol. The Morgan fingerprint density at radius 1 is 1.21 bits per heavy atom. The third kappa shape index (κ3) is 4.44. The van der Waals surface area contributed by atoms with Crippen LogP contribution in [0.25, 0.3) is 0 Å². The quantitative estimate of drug-likeness (QED) is 0.824. The summed E-state index contributed by atoms with van der Waals surface area (Å²) in [4.78, 5) is 5.31. The molecule has 2 aliphatic rings. The highest BCUT2D eigenvalue weighted by Gasteiger charge is 2.29. The Labute approximate surface area is 119 Å². The van der Waals surface area contributed by atoms with Crippen LogP contribution in [-0.2, 0) is 0 Å². The van der Waals surface area contributed by atoms with Gasteiger partial charge in [-0.15, -0.1) is 0 Å². The normalized spacial score (nSPS) is 34.6. The molecule has 2 aliphatic heterocycles. The van der Waals surface area contributed by atoms with E-state index in [-0.39, 0.29) is 0 Å². The largest absolute Gasteiger partial charge is 0.311 e. The van der Waals surface area contributed by atoms with Crippen LogP contribution in [0.15, 0.2) is 0 Å². The van der Waals surface area contributed by atoms with Crippen LogP contribution in [0.5, 0.6) is 0 Å². The summed E-state index contributed by atoms with van der Waals surface area (Å²) >= 11 is 0. The van der Waals surface area contributed by atoms with E-state index in [1.807, 2.05) is 0 Å². The Kier molecular flexibility index (Phi) is 6.11. The van der Waals surface area contributed by atoms with E-state index in [0.29, 0.717) is 0 Å².